The predicted molar refractivity (Wildman–Crippen MR) is 73.2 cm³/mol. The molecule has 1 aromatic carbocycles. The molecule has 0 aliphatic heterocycles. The monoisotopic (exact) mass is 317 g/mol. The van der Waals surface area contributed by atoms with Crippen LogP contribution in [0.25, 0.3) is 0 Å². The van der Waals surface area contributed by atoms with Gasteiger partial charge in [-0.25, -0.2) is 4.39 Å². The minimum Gasteiger partial charge on any atom is -0.385 e. The summed E-state index contributed by atoms with van der Waals surface area (Å²) in [7, 11) is 0. The van der Waals surface area contributed by atoms with Crippen LogP contribution in [0.15, 0.2) is 35.7 Å². The Morgan fingerprint density at radius 3 is 2.62 bits per heavy atom. The van der Waals surface area contributed by atoms with E-state index in [1.54, 1.807) is 17.5 Å². The Hall–Kier alpha value is -1.89. The van der Waals surface area contributed by atoms with Gasteiger partial charge in [0.05, 0.1) is 10.4 Å². The lowest BCUT2D eigenvalue weighted by Gasteiger charge is -2.11. The van der Waals surface area contributed by atoms with Gasteiger partial charge in [0.2, 0.25) is 0 Å². The van der Waals surface area contributed by atoms with Gasteiger partial charge in [-0.2, -0.15) is 13.2 Å². The van der Waals surface area contributed by atoms with Crippen molar-refractivity contribution >= 4 is 22.8 Å². The first-order valence-electron chi connectivity index (χ1n) is 6.05. The smallest absolute Gasteiger partial charge is 0.385 e. The third-order valence-electron chi connectivity index (χ3n) is 2.75. The van der Waals surface area contributed by atoms with E-state index in [4.69, 9.17) is 0 Å². The number of carbonyl (C=O) groups is 1. The van der Waals surface area contributed by atoms with Crippen molar-refractivity contribution in [2.24, 2.45) is 0 Å². The maximum absolute atomic E-state index is 13.1. The Labute approximate surface area is 122 Å². The van der Waals surface area contributed by atoms with Crippen LogP contribution in [0.5, 0.6) is 0 Å². The van der Waals surface area contributed by atoms with Crippen molar-refractivity contribution in [3.8, 4) is 0 Å². The molecule has 0 aliphatic rings. The highest BCUT2D eigenvalue weighted by Gasteiger charge is 2.34. The maximum Gasteiger partial charge on any atom is 0.419 e. The van der Waals surface area contributed by atoms with E-state index in [1.165, 1.54) is 17.4 Å². The minimum absolute atomic E-state index is 0.0874. The summed E-state index contributed by atoms with van der Waals surface area (Å²) in [5.74, 6) is -1.40. The van der Waals surface area contributed by atoms with Gasteiger partial charge in [0.25, 0.3) is 0 Å². The Morgan fingerprint density at radius 2 is 2.00 bits per heavy atom. The standard InChI is InChI=1S/C14H11F4NOS/c15-11-4-3-9(8-10(11)14(16,17)18)19-6-5-12(20)13-2-1-7-21-13/h1-4,7-8,19H,5-6H2. The van der Waals surface area contributed by atoms with Gasteiger partial charge in [-0.15, -0.1) is 11.3 Å². The summed E-state index contributed by atoms with van der Waals surface area (Å²) in [4.78, 5) is 12.3. The number of anilines is 1. The molecule has 0 radical (unpaired) electrons. The average molecular weight is 317 g/mol. The van der Waals surface area contributed by atoms with Crippen LogP contribution in [0.1, 0.15) is 21.7 Å². The van der Waals surface area contributed by atoms with Gasteiger partial charge >= 0.3 is 6.18 Å². The highest BCUT2D eigenvalue weighted by atomic mass is 32.1. The minimum atomic E-state index is -4.74. The van der Waals surface area contributed by atoms with Crippen LogP contribution < -0.4 is 5.32 Å². The second kappa shape index (κ2) is 6.26. The number of halogens is 4. The molecule has 21 heavy (non-hydrogen) atoms. The first-order chi connectivity index (χ1) is 9.88. The van der Waals surface area contributed by atoms with Gasteiger partial charge < -0.3 is 5.32 Å². The van der Waals surface area contributed by atoms with Crippen LogP contribution in [0.3, 0.4) is 0 Å². The van der Waals surface area contributed by atoms with Gasteiger partial charge in [-0.1, -0.05) is 6.07 Å². The second-order valence-corrected chi connectivity index (χ2v) is 5.22. The summed E-state index contributed by atoms with van der Waals surface area (Å²) in [6.07, 6.45) is -4.59. The fourth-order valence-corrected chi connectivity index (χ4v) is 2.43. The van der Waals surface area contributed by atoms with E-state index < -0.39 is 17.6 Å². The van der Waals surface area contributed by atoms with E-state index >= 15 is 0 Å². The van der Waals surface area contributed by atoms with E-state index in [1.807, 2.05) is 0 Å². The summed E-state index contributed by atoms with van der Waals surface area (Å²) in [5.41, 5.74) is -1.19. The molecule has 112 valence electrons. The molecular weight excluding hydrogens is 306 g/mol. The number of Topliss-reactive ketones (excluding diaryl/α,β-unsaturated/α-hetero) is 1. The summed E-state index contributed by atoms with van der Waals surface area (Å²) in [6, 6.07) is 6.10. The van der Waals surface area contributed by atoms with Crippen LogP contribution in [-0.2, 0) is 6.18 Å². The van der Waals surface area contributed by atoms with Crippen molar-refractivity contribution in [2.45, 2.75) is 12.6 Å². The number of alkyl halides is 3. The summed E-state index contributed by atoms with van der Waals surface area (Å²) in [5, 5.41) is 4.47. The first-order valence-corrected chi connectivity index (χ1v) is 6.93. The molecule has 1 heterocycles. The molecule has 7 heteroatoms. The molecule has 0 saturated carbocycles. The highest BCUT2D eigenvalue weighted by molar-refractivity contribution is 7.12. The Balaban J connectivity index is 1.96. The van der Waals surface area contributed by atoms with Crippen LogP contribution in [0.2, 0.25) is 0 Å². The number of benzene rings is 1. The zero-order chi connectivity index (χ0) is 15.5. The fraction of sp³-hybridized carbons (Fsp3) is 0.214. The maximum atomic E-state index is 13.1. The van der Waals surface area contributed by atoms with Gasteiger partial charge in [-0.05, 0) is 29.6 Å². The second-order valence-electron chi connectivity index (χ2n) is 4.27. The predicted octanol–water partition coefficient (Wildman–Crippen LogP) is 4.59. The third kappa shape index (κ3) is 4.04. The molecule has 0 spiro atoms. The number of hydrogen-bond acceptors (Lipinski definition) is 3. The molecule has 0 saturated heterocycles. The summed E-state index contributed by atoms with van der Waals surface area (Å²) in [6.45, 7) is 0.180. The summed E-state index contributed by atoms with van der Waals surface area (Å²) >= 11 is 1.31. The van der Waals surface area contributed by atoms with E-state index in [2.05, 4.69) is 5.32 Å². The first kappa shape index (κ1) is 15.5. The number of carbonyl (C=O) groups excluding carboxylic acids is 1. The number of thiophene rings is 1. The molecule has 0 amide bonds. The molecular formula is C14H11F4NOS. The van der Waals surface area contributed by atoms with Crippen molar-refractivity contribution in [1.29, 1.82) is 0 Å². The molecule has 0 atom stereocenters. The van der Waals surface area contributed by atoms with Crippen LogP contribution in [0, 0.1) is 5.82 Å². The molecule has 0 fully saturated rings. The quantitative estimate of drug-likeness (QED) is 0.645. The van der Waals surface area contributed by atoms with Gasteiger partial charge in [-0.3, -0.25) is 4.79 Å². The Kier molecular flexibility index (Phi) is 4.62. The van der Waals surface area contributed by atoms with E-state index in [0.29, 0.717) is 10.9 Å². The normalized spacial score (nSPS) is 11.4. The van der Waals surface area contributed by atoms with Gasteiger partial charge in [0, 0.05) is 18.7 Å². The van der Waals surface area contributed by atoms with Crippen LogP contribution >= 0.6 is 11.3 Å². The SMILES string of the molecule is O=C(CCNc1ccc(F)c(C(F)(F)F)c1)c1cccs1. The lowest BCUT2D eigenvalue weighted by atomic mass is 10.1. The Bertz CT molecular complexity index is 622. The molecule has 2 nitrogen and oxygen atoms in total. The fourth-order valence-electron chi connectivity index (χ4n) is 1.73. The van der Waals surface area contributed by atoms with Crippen molar-refractivity contribution in [2.75, 3.05) is 11.9 Å². The van der Waals surface area contributed by atoms with Crippen molar-refractivity contribution in [3.05, 3.63) is 52.0 Å². The highest BCUT2D eigenvalue weighted by Crippen LogP contribution is 2.32. The number of hydrogen-bond donors (Lipinski definition) is 1. The summed E-state index contributed by atoms with van der Waals surface area (Å²) < 4.78 is 50.7. The topological polar surface area (TPSA) is 29.1 Å². The zero-order valence-electron chi connectivity index (χ0n) is 10.7. The van der Waals surface area contributed by atoms with E-state index in [-0.39, 0.29) is 24.4 Å². The molecule has 0 aliphatic carbocycles. The van der Waals surface area contributed by atoms with Gasteiger partial charge in [0.1, 0.15) is 5.82 Å². The van der Waals surface area contributed by atoms with Crippen LogP contribution in [-0.4, -0.2) is 12.3 Å². The number of nitrogens with one attached hydrogen (secondary N) is 1. The van der Waals surface area contributed by atoms with Crippen molar-refractivity contribution < 1.29 is 22.4 Å². The van der Waals surface area contributed by atoms with Crippen molar-refractivity contribution in [3.63, 3.8) is 0 Å². The molecule has 0 bridgehead atoms. The zero-order valence-corrected chi connectivity index (χ0v) is 11.5. The Morgan fingerprint density at radius 1 is 1.24 bits per heavy atom. The largest absolute Gasteiger partial charge is 0.419 e. The van der Waals surface area contributed by atoms with Gasteiger partial charge in [0.15, 0.2) is 5.78 Å². The lowest BCUT2D eigenvalue weighted by Crippen LogP contribution is -2.11. The average Bonchev–Trinajstić information content (AvgIpc) is 2.93. The van der Waals surface area contributed by atoms with Crippen LogP contribution in [0.4, 0.5) is 23.2 Å². The molecule has 1 N–H and O–H groups in total. The van der Waals surface area contributed by atoms with Crippen molar-refractivity contribution in [1.82, 2.24) is 0 Å². The molecule has 1 aromatic heterocycles. The number of rotatable bonds is 5. The lowest BCUT2D eigenvalue weighted by molar-refractivity contribution is -0.139. The third-order valence-corrected chi connectivity index (χ3v) is 3.66. The molecule has 0 unspecified atom stereocenters. The molecule has 2 aromatic rings. The number of ketones is 1. The molecule has 2 rings (SSSR count). The van der Waals surface area contributed by atoms with E-state index in [9.17, 15) is 22.4 Å². The van der Waals surface area contributed by atoms with E-state index in [0.717, 1.165) is 6.07 Å².